The number of ether oxygens (including phenoxy) is 2. The first kappa shape index (κ1) is 14.1. The van der Waals surface area contributed by atoms with E-state index in [9.17, 15) is 4.79 Å². The third-order valence-corrected chi connectivity index (χ3v) is 2.99. The van der Waals surface area contributed by atoms with Crippen LogP contribution in [-0.2, 0) is 11.3 Å². The number of carbonyl (C=O) groups excluding carboxylic acids is 1. The second kappa shape index (κ2) is 7.34. The number of nitrogens with one attached hydrogen (secondary N) is 1. The van der Waals surface area contributed by atoms with Crippen molar-refractivity contribution < 1.29 is 14.3 Å². The zero-order chi connectivity index (χ0) is 14.2. The summed E-state index contributed by atoms with van der Waals surface area (Å²) in [6.07, 6.45) is -0.477. The van der Waals surface area contributed by atoms with E-state index in [0.29, 0.717) is 24.2 Å². The summed E-state index contributed by atoms with van der Waals surface area (Å²) in [6, 6.07) is 9.48. The van der Waals surface area contributed by atoms with Crippen molar-refractivity contribution in [2.45, 2.75) is 6.61 Å². The standard InChI is InChI=1S/C13H15N3O3S/c14-12-16-11(9-20-12)18-7-6-15-13(17)19-8-10-4-2-1-3-5-10/h1-5,9H,6-8H2,(H2,14,16)(H,15,17). The third kappa shape index (κ3) is 4.77. The van der Waals surface area contributed by atoms with E-state index < -0.39 is 6.09 Å². The average Bonchev–Trinajstić information content (AvgIpc) is 2.88. The van der Waals surface area contributed by atoms with Gasteiger partial charge in [0.1, 0.15) is 13.2 Å². The van der Waals surface area contributed by atoms with Gasteiger partial charge in [-0.15, -0.1) is 11.3 Å². The number of aromatic nitrogens is 1. The molecule has 0 bridgehead atoms. The smallest absolute Gasteiger partial charge is 0.407 e. The fourth-order valence-corrected chi connectivity index (χ4v) is 1.91. The molecule has 0 atom stereocenters. The maximum Gasteiger partial charge on any atom is 0.407 e. The molecule has 7 heteroatoms. The van der Waals surface area contributed by atoms with Gasteiger partial charge in [0.25, 0.3) is 0 Å². The Labute approximate surface area is 120 Å². The van der Waals surface area contributed by atoms with E-state index >= 15 is 0 Å². The molecule has 0 aliphatic rings. The molecule has 0 saturated carbocycles. The van der Waals surface area contributed by atoms with E-state index in [-0.39, 0.29) is 6.61 Å². The maximum atomic E-state index is 11.4. The molecule has 1 heterocycles. The van der Waals surface area contributed by atoms with Gasteiger partial charge in [-0.05, 0) is 5.56 Å². The quantitative estimate of drug-likeness (QED) is 0.796. The number of hydrogen-bond acceptors (Lipinski definition) is 6. The van der Waals surface area contributed by atoms with E-state index in [2.05, 4.69) is 10.3 Å². The number of alkyl carbamates (subject to hydrolysis) is 1. The molecule has 1 aromatic carbocycles. The molecular weight excluding hydrogens is 278 g/mol. The van der Waals surface area contributed by atoms with Crippen molar-refractivity contribution in [1.82, 2.24) is 10.3 Å². The van der Waals surface area contributed by atoms with Crippen LogP contribution in [0.5, 0.6) is 5.88 Å². The molecule has 6 nitrogen and oxygen atoms in total. The zero-order valence-corrected chi connectivity index (χ0v) is 11.6. The zero-order valence-electron chi connectivity index (χ0n) is 10.7. The number of rotatable bonds is 6. The number of amides is 1. The summed E-state index contributed by atoms with van der Waals surface area (Å²) in [5.74, 6) is 0.465. The summed E-state index contributed by atoms with van der Waals surface area (Å²) < 4.78 is 10.3. The Morgan fingerprint density at radius 1 is 1.35 bits per heavy atom. The molecule has 20 heavy (non-hydrogen) atoms. The molecule has 0 aliphatic carbocycles. The maximum absolute atomic E-state index is 11.4. The number of carbonyl (C=O) groups is 1. The van der Waals surface area contributed by atoms with Crippen molar-refractivity contribution in [2.75, 3.05) is 18.9 Å². The van der Waals surface area contributed by atoms with Gasteiger partial charge in [0, 0.05) is 0 Å². The number of benzene rings is 1. The highest BCUT2D eigenvalue weighted by Gasteiger charge is 2.03. The molecule has 0 fully saturated rings. The monoisotopic (exact) mass is 293 g/mol. The lowest BCUT2D eigenvalue weighted by Crippen LogP contribution is -2.28. The van der Waals surface area contributed by atoms with Crippen LogP contribution in [0.25, 0.3) is 0 Å². The Kier molecular flexibility index (Phi) is 5.19. The van der Waals surface area contributed by atoms with Gasteiger partial charge in [-0.2, -0.15) is 4.98 Å². The fourth-order valence-electron chi connectivity index (χ4n) is 1.42. The Morgan fingerprint density at radius 3 is 2.85 bits per heavy atom. The molecule has 0 radical (unpaired) electrons. The predicted octanol–water partition coefficient (Wildman–Crippen LogP) is 2.03. The van der Waals surface area contributed by atoms with Gasteiger partial charge < -0.3 is 20.5 Å². The van der Waals surface area contributed by atoms with Crippen molar-refractivity contribution in [3.05, 3.63) is 41.3 Å². The van der Waals surface area contributed by atoms with E-state index in [0.717, 1.165) is 5.56 Å². The number of nitrogens with zero attached hydrogens (tertiary/aromatic N) is 1. The van der Waals surface area contributed by atoms with Crippen LogP contribution in [0.2, 0.25) is 0 Å². The first-order valence-corrected chi connectivity index (χ1v) is 6.90. The van der Waals surface area contributed by atoms with Crippen LogP contribution in [0.4, 0.5) is 9.93 Å². The first-order valence-electron chi connectivity index (χ1n) is 6.02. The number of thiazole rings is 1. The minimum absolute atomic E-state index is 0.246. The van der Waals surface area contributed by atoms with Crippen LogP contribution < -0.4 is 15.8 Å². The molecule has 106 valence electrons. The highest BCUT2D eigenvalue weighted by atomic mass is 32.1. The van der Waals surface area contributed by atoms with Crippen LogP contribution >= 0.6 is 11.3 Å². The van der Waals surface area contributed by atoms with Gasteiger partial charge in [-0.25, -0.2) is 4.79 Å². The molecule has 0 saturated heterocycles. The first-order chi connectivity index (χ1) is 9.74. The van der Waals surface area contributed by atoms with E-state index in [1.54, 1.807) is 5.38 Å². The predicted molar refractivity (Wildman–Crippen MR) is 76.7 cm³/mol. The molecule has 0 aliphatic heterocycles. The number of anilines is 1. The summed E-state index contributed by atoms with van der Waals surface area (Å²) in [7, 11) is 0. The van der Waals surface area contributed by atoms with E-state index in [1.165, 1.54) is 11.3 Å². The number of nitrogen functional groups attached to an aromatic ring is 1. The molecule has 1 amide bonds. The minimum atomic E-state index is -0.477. The van der Waals surface area contributed by atoms with Crippen LogP contribution in [0, 0.1) is 0 Å². The van der Waals surface area contributed by atoms with Crippen LogP contribution in [0.3, 0.4) is 0 Å². The van der Waals surface area contributed by atoms with Gasteiger partial charge in [-0.3, -0.25) is 0 Å². The Morgan fingerprint density at radius 2 is 2.15 bits per heavy atom. The SMILES string of the molecule is Nc1nc(OCCNC(=O)OCc2ccccc2)cs1. The molecule has 2 aromatic rings. The number of nitrogens with two attached hydrogens (primary N) is 1. The third-order valence-electron chi connectivity index (χ3n) is 2.33. The molecule has 3 N–H and O–H groups in total. The summed E-state index contributed by atoms with van der Waals surface area (Å²) in [4.78, 5) is 15.3. The lowest BCUT2D eigenvalue weighted by atomic mass is 10.2. The summed E-state index contributed by atoms with van der Waals surface area (Å²) in [5, 5.41) is 4.75. The number of hydrogen-bond donors (Lipinski definition) is 2. The van der Waals surface area contributed by atoms with Gasteiger partial charge in [0.2, 0.25) is 5.88 Å². The highest BCUT2D eigenvalue weighted by molar-refractivity contribution is 7.13. The second-order valence-corrected chi connectivity index (χ2v) is 4.75. The minimum Gasteiger partial charge on any atom is -0.475 e. The van der Waals surface area contributed by atoms with Crippen molar-refractivity contribution in [3.63, 3.8) is 0 Å². The van der Waals surface area contributed by atoms with Crippen molar-refractivity contribution >= 4 is 22.6 Å². The van der Waals surface area contributed by atoms with Gasteiger partial charge in [0.05, 0.1) is 11.9 Å². The lowest BCUT2D eigenvalue weighted by molar-refractivity contribution is 0.137. The van der Waals surface area contributed by atoms with Crippen molar-refractivity contribution in [2.24, 2.45) is 0 Å². The van der Waals surface area contributed by atoms with Crippen LogP contribution in [-0.4, -0.2) is 24.2 Å². The Hall–Kier alpha value is -2.28. The largest absolute Gasteiger partial charge is 0.475 e. The fraction of sp³-hybridized carbons (Fsp3) is 0.231. The average molecular weight is 293 g/mol. The molecule has 0 spiro atoms. The van der Waals surface area contributed by atoms with Gasteiger partial charge >= 0.3 is 6.09 Å². The molecular formula is C13H15N3O3S. The second-order valence-electron chi connectivity index (χ2n) is 3.86. The van der Waals surface area contributed by atoms with Gasteiger partial charge in [-0.1, -0.05) is 30.3 Å². The topological polar surface area (TPSA) is 86.5 Å². The normalized spacial score (nSPS) is 10.0. The lowest BCUT2D eigenvalue weighted by Gasteiger charge is -2.07. The molecule has 2 rings (SSSR count). The van der Waals surface area contributed by atoms with Crippen LogP contribution in [0.1, 0.15) is 5.56 Å². The Bertz CT molecular complexity index is 545. The Balaban J connectivity index is 1.58. The summed E-state index contributed by atoms with van der Waals surface area (Å²) >= 11 is 1.30. The van der Waals surface area contributed by atoms with E-state index in [1.807, 2.05) is 30.3 Å². The summed E-state index contributed by atoms with van der Waals surface area (Å²) in [5.41, 5.74) is 6.41. The van der Waals surface area contributed by atoms with Crippen LogP contribution in [0.15, 0.2) is 35.7 Å². The molecule has 0 unspecified atom stereocenters. The summed E-state index contributed by atoms with van der Waals surface area (Å²) in [6.45, 7) is 0.894. The van der Waals surface area contributed by atoms with Crippen molar-refractivity contribution in [1.29, 1.82) is 0 Å². The van der Waals surface area contributed by atoms with E-state index in [4.69, 9.17) is 15.2 Å². The molecule has 1 aromatic heterocycles. The van der Waals surface area contributed by atoms with Gasteiger partial charge in [0.15, 0.2) is 5.13 Å². The van der Waals surface area contributed by atoms with Crippen molar-refractivity contribution in [3.8, 4) is 5.88 Å². The highest BCUT2D eigenvalue weighted by Crippen LogP contribution is 2.17.